The second kappa shape index (κ2) is 11.3. The Morgan fingerprint density at radius 1 is 1.20 bits per heavy atom. The van der Waals surface area contributed by atoms with Crippen LogP contribution in [0.4, 0.5) is 0 Å². The lowest BCUT2D eigenvalue weighted by Gasteiger charge is -2.26. The van der Waals surface area contributed by atoms with Crippen LogP contribution in [0, 0.1) is 5.92 Å². The van der Waals surface area contributed by atoms with Crippen molar-refractivity contribution in [2.75, 3.05) is 45.9 Å². The highest BCUT2D eigenvalue weighted by Crippen LogP contribution is 2.31. The lowest BCUT2D eigenvalue weighted by atomic mass is 10.1. The van der Waals surface area contributed by atoms with Crippen molar-refractivity contribution in [3.63, 3.8) is 0 Å². The highest BCUT2D eigenvalue weighted by molar-refractivity contribution is 6.31. The minimum atomic E-state index is -0.116. The van der Waals surface area contributed by atoms with Gasteiger partial charge in [0.1, 0.15) is 12.4 Å². The molecule has 1 aliphatic carbocycles. The Kier molecular flexibility index (Phi) is 8.45. The fourth-order valence-corrected chi connectivity index (χ4v) is 3.77. The van der Waals surface area contributed by atoms with E-state index in [4.69, 9.17) is 32.6 Å². The van der Waals surface area contributed by atoms with Crippen molar-refractivity contribution < 1.29 is 14.4 Å². The first kappa shape index (κ1) is 22.5. The number of nitrogens with two attached hydrogens (primary N) is 2. The Morgan fingerprint density at radius 2 is 1.97 bits per heavy atom. The molecule has 0 atom stereocenters. The van der Waals surface area contributed by atoms with E-state index in [0.717, 1.165) is 32.7 Å². The van der Waals surface area contributed by atoms with Gasteiger partial charge in [0.25, 0.3) is 5.91 Å². The number of rotatable bonds is 12. The molecule has 9 heteroatoms. The number of benzene rings is 1. The van der Waals surface area contributed by atoms with Gasteiger partial charge >= 0.3 is 0 Å². The number of carbonyl (C=O) groups excluding carboxylic acids is 1. The van der Waals surface area contributed by atoms with Crippen LogP contribution in [0.25, 0.3) is 0 Å². The summed E-state index contributed by atoms with van der Waals surface area (Å²) in [6.45, 7) is 5.49. The maximum Gasteiger partial charge on any atom is 0.254 e. The number of likely N-dealkylation sites (tertiary alicyclic amines) is 1. The van der Waals surface area contributed by atoms with Gasteiger partial charge in [-0.15, -0.1) is 0 Å². The molecule has 0 spiro atoms. The standard InChI is InChI=1S/C21H32ClN5O3/c22-18-12-17(13-19(14-18)29-10-3-11-30-25-21(23)24)20(28)27(15-16-4-5-16)9-8-26-6-1-2-7-26/h12-14,16H,1-11,15H2,(H4,23,24,25). The van der Waals surface area contributed by atoms with Gasteiger partial charge in [0.2, 0.25) is 5.96 Å². The summed E-state index contributed by atoms with van der Waals surface area (Å²) in [6.07, 6.45) is 5.51. The van der Waals surface area contributed by atoms with Crippen LogP contribution in [0.5, 0.6) is 5.75 Å². The molecule has 166 valence electrons. The number of oxime groups is 1. The van der Waals surface area contributed by atoms with E-state index >= 15 is 0 Å². The third-order valence-corrected chi connectivity index (χ3v) is 5.50. The summed E-state index contributed by atoms with van der Waals surface area (Å²) in [7, 11) is 0. The van der Waals surface area contributed by atoms with E-state index in [9.17, 15) is 4.79 Å². The molecule has 1 aliphatic heterocycles. The monoisotopic (exact) mass is 437 g/mol. The van der Waals surface area contributed by atoms with Crippen LogP contribution in [0.1, 0.15) is 42.5 Å². The molecule has 1 amide bonds. The third kappa shape index (κ3) is 7.57. The first-order chi connectivity index (χ1) is 14.5. The molecule has 0 bridgehead atoms. The fourth-order valence-electron chi connectivity index (χ4n) is 3.54. The van der Waals surface area contributed by atoms with E-state index in [1.807, 2.05) is 4.90 Å². The summed E-state index contributed by atoms with van der Waals surface area (Å²) >= 11 is 6.27. The number of guanidine groups is 1. The Bertz CT molecular complexity index is 731. The number of amides is 1. The molecule has 0 aromatic heterocycles. The summed E-state index contributed by atoms with van der Waals surface area (Å²) in [4.78, 5) is 22.6. The van der Waals surface area contributed by atoms with E-state index < -0.39 is 0 Å². The SMILES string of the molecule is NC(N)=NOCCCOc1cc(Cl)cc(C(=O)N(CCN2CCCC2)CC2CC2)c1. The molecule has 3 rings (SSSR count). The lowest BCUT2D eigenvalue weighted by Crippen LogP contribution is -2.39. The molecule has 1 saturated carbocycles. The number of hydrogen-bond acceptors (Lipinski definition) is 5. The predicted octanol–water partition coefficient (Wildman–Crippen LogP) is 2.26. The van der Waals surface area contributed by atoms with Crippen LogP contribution in [-0.4, -0.2) is 67.6 Å². The van der Waals surface area contributed by atoms with E-state index in [1.165, 1.54) is 25.7 Å². The van der Waals surface area contributed by atoms with Crippen LogP contribution >= 0.6 is 11.6 Å². The number of nitrogens with zero attached hydrogens (tertiary/aromatic N) is 3. The zero-order valence-corrected chi connectivity index (χ0v) is 18.1. The zero-order valence-electron chi connectivity index (χ0n) is 17.4. The summed E-state index contributed by atoms with van der Waals surface area (Å²) in [5, 5.41) is 3.94. The van der Waals surface area contributed by atoms with Gasteiger partial charge in [0.05, 0.1) is 6.61 Å². The van der Waals surface area contributed by atoms with E-state index in [0.29, 0.717) is 41.9 Å². The molecule has 1 heterocycles. The van der Waals surface area contributed by atoms with Crippen LogP contribution in [0.3, 0.4) is 0 Å². The summed E-state index contributed by atoms with van der Waals surface area (Å²) in [5.41, 5.74) is 11.0. The molecule has 30 heavy (non-hydrogen) atoms. The number of ether oxygens (including phenoxy) is 1. The number of carbonyl (C=O) groups is 1. The molecule has 1 aromatic carbocycles. The Labute approximate surface area is 183 Å². The molecule has 1 aromatic rings. The molecule has 8 nitrogen and oxygen atoms in total. The average molecular weight is 438 g/mol. The molecule has 2 fully saturated rings. The van der Waals surface area contributed by atoms with E-state index in [1.54, 1.807) is 18.2 Å². The summed E-state index contributed by atoms with van der Waals surface area (Å²) in [5.74, 6) is 1.10. The predicted molar refractivity (Wildman–Crippen MR) is 118 cm³/mol. The van der Waals surface area contributed by atoms with Gasteiger partial charge in [0.15, 0.2) is 0 Å². The Morgan fingerprint density at radius 3 is 2.67 bits per heavy atom. The normalized spacial score (nSPS) is 16.3. The smallest absolute Gasteiger partial charge is 0.254 e. The molecule has 1 saturated heterocycles. The first-order valence-corrected chi connectivity index (χ1v) is 11.0. The second-order valence-corrected chi connectivity index (χ2v) is 8.41. The van der Waals surface area contributed by atoms with Gasteiger partial charge in [-0.1, -0.05) is 11.6 Å². The lowest BCUT2D eigenvalue weighted by molar-refractivity contribution is 0.0731. The van der Waals surface area contributed by atoms with Crippen molar-refractivity contribution in [3.05, 3.63) is 28.8 Å². The molecule has 0 unspecified atom stereocenters. The van der Waals surface area contributed by atoms with Gasteiger partial charge in [-0.05, 0) is 68.0 Å². The Balaban J connectivity index is 1.56. The third-order valence-electron chi connectivity index (χ3n) is 5.28. The minimum absolute atomic E-state index is 0.0181. The van der Waals surface area contributed by atoms with Crippen molar-refractivity contribution in [3.8, 4) is 5.75 Å². The van der Waals surface area contributed by atoms with Crippen LogP contribution in [0.15, 0.2) is 23.4 Å². The van der Waals surface area contributed by atoms with Crippen LogP contribution < -0.4 is 16.2 Å². The average Bonchev–Trinajstić information content (AvgIpc) is 3.38. The Hall–Kier alpha value is -2.19. The van der Waals surface area contributed by atoms with Gasteiger partial charge < -0.3 is 30.8 Å². The number of hydrogen-bond donors (Lipinski definition) is 2. The maximum absolute atomic E-state index is 13.2. The molecule has 2 aliphatic rings. The van der Waals surface area contributed by atoms with E-state index in [2.05, 4.69) is 10.1 Å². The van der Waals surface area contributed by atoms with Crippen LogP contribution in [-0.2, 0) is 4.84 Å². The van der Waals surface area contributed by atoms with Gasteiger partial charge in [0, 0.05) is 36.6 Å². The van der Waals surface area contributed by atoms with Crippen molar-refractivity contribution in [2.45, 2.75) is 32.1 Å². The summed E-state index contributed by atoms with van der Waals surface area (Å²) < 4.78 is 5.74. The van der Waals surface area contributed by atoms with Gasteiger partial charge in [-0.2, -0.15) is 0 Å². The molecule has 0 radical (unpaired) electrons. The topological polar surface area (TPSA) is 106 Å². The van der Waals surface area contributed by atoms with Crippen molar-refractivity contribution in [1.29, 1.82) is 0 Å². The van der Waals surface area contributed by atoms with Crippen LogP contribution in [0.2, 0.25) is 5.02 Å². The minimum Gasteiger partial charge on any atom is -0.493 e. The molecule has 4 N–H and O–H groups in total. The first-order valence-electron chi connectivity index (χ1n) is 10.7. The van der Waals surface area contributed by atoms with Crippen molar-refractivity contribution in [1.82, 2.24) is 9.80 Å². The zero-order chi connectivity index (χ0) is 21.3. The van der Waals surface area contributed by atoms with Crippen molar-refractivity contribution >= 4 is 23.5 Å². The number of halogens is 1. The quantitative estimate of drug-likeness (QED) is 0.225. The highest BCUT2D eigenvalue weighted by Gasteiger charge is 2.28. The van der Waals surface area contributed by atoms with Gasteiger partial charge in [-0.25, -0.2) is 0 Å². The maximum atomic E-state index is 13.2. The molecular weight excluding hydrogens is 406 g/mol. The van der Waals surface area contributed by atoms with Gasteiger partial charge in [-0.3, -0.25) is 4.79 Å². The summed E-state index contributed by atoms with van der Waals surface area (Å²) in [6, 6.07) is 5.19. The van der Waals surface area contributed by atoms with E-state index in [-0.39, 0.29) is 11.9 Å². The van der Waals surface area contributed by atoms with Crippen molar-refractivity contribution in [2.24, 2.45) is 22.5 Å². The molecular formula is C21H32ClN5O3. The highest BCUT2D eigenvalue weighted by atomic mass is 35.5. The fraction of sp³-hybridized carbons (Fsp3) is 0.619. The second-order valence-electron chi connectivity index (χ2n) is 7.97. The largest absolute Gasteiger partial charge is 0.493 e.